The minimum atomic E-state index is -0.512. The van der Waals surface area contributed by atoms with Crippen LogP contribution in [0.3, 0.4) is 0 Å². The first-order valence-electron chi connectivity index (χ1n) is 8.66. The monoisotopic (exact) mass is 354 g/mol. The third-order valence-corrected chi connectivity index (χ3v) is 3.82. The van der Waals surface area contributed by atoms with Gasteiger partial charge in [0.15, 0.2) is 0 Å². The van der Waals surface area contributed by atoms with Crippen LogP contribution in [0.2, 0.25) is 0 Å². The van der Waals surface area contributed by atoms with E-state index in [-0.39, 0.29) is 18.4 Å². The second kappa shape index (κ2) is 9.04. The van der Waals surface area contributed by atoms with E-state index >= 15 is 0 Å². The normalized spacial score (nSPS) is 10.9. The fourth-order valence-corrected chi connectivity index (χ4v) is 2.23. The molecule has 0 radical (unpaired) electrons. The van der Waals surface area contributed by atoms with Crippen molar-refractivity contribution >= 4 is 11.8 Å². The predicted molar refractivity (Wildman–Crippen MR) is 102 cm³/mol. The summed E-state index contributed by atoms with van der Waals surface area (Å²) in [7, 11) is 0. The van der Waals surface area contributed by atoms with Gasteiger partial charge in [0.1, 0.15) is 12.4 Å². The Morgan fingerprint density at radius 2 is 1.50 bits per heavy atom. The van der Waals surface area contributed by atoms with Crippen LogP contribution in [-0.4, -0.2) is 18.4 Å². The molecule has 0 heterocycles. The minimum Gasteiger partial charge on any atom is -0.489 e. The molecule has 0 spiro atoms. The zero-order valence-electron chi connectivity index (χ0n) is 15.5. The SMILES string of the molecule is CC(C)(C)C(=O)NCC(=O)NCc1ccccc1COc1ccccc1. The maximum Gasteiger partial charge on any atom is 0.239 e. The van der Waals surface area contributed by atoms with Crippen molar-refractivity contribution in [2.45, 2.75) is 33.9 Å². The Hall–Kier alpha value is -2.82. The summed E-state index contributed by atoms with van der Waals surface area (Å²) in [6.45, 7) is 6.21. The highest BCUT2D eigenvalue weighted by Gasteiger charge is 2.21. The molecule has 2 rings (SSSR count). The molecule has 0 aliphatic carbocycles. The largest absolute Gasteiger partial charge is 0.489 e. The summed E-state index contributed by atoms with van der Waals surface area (Å²) in [4.78, 5) is 23.8. The highest BCUT2D eigenvalue weighted by Crippen LogP contribution is 2.15. The van der Waals surface area contributed by atoms with E-state index in [2.05, 4.69) is 10.6 Å². The van der Waals surface area contributed by atoms with Crippen molar-refractivity contribution in [3.63, 3.8) is 0 Å². The molecular formula is C21H26N2O3. The summed E-state index contributed by atoms with van der Waals surface area (Å²) in [5.74, 6) is 0.432. The first-order valence-corrected chi connectivity index (χ1v) is 8.66. The Morgan fingerprint density at radius 3 is 2.15 bits per heavy atom. The molecule has 0 unspecified atom stereocenters. The summed E-state index contributed by atoms with van der Waals surface area (Å²) in [6.07, 6.45) is 0. The summed E-state index contributed by atoms with van der Waals surface area (Å²) in [5, 5.41) is 5.48. The van der Waals surface area contributed by atoms with E-state index in [1.54, 1.807) is 0 Å². The number of ether oxygens (including phenoxy) is 1. The number of hydrogen-bond acceptors (Lipinski definition) is 3. The number of rotatable bonds is 7. The van der Waals surface area contributed by atoms with Gasteiger partial charge in [-0.3, -0.25) is 9.59 Å². The van der Waals surface area contributed by atoms with Crippen LogP contribution in [0.4, 0.5) is 0 Å². The smallest absolute Gasteiger partial charge is 0.239 e. The van der Waals surface area contributed by atoms with Crippen LogP contribution >= 0.6 is 0 Å². The molecule has 138 valence electrons. The molecule has 0 aliphatic rings. The summed E-state index contributed by atoms with van der Waals surface area (Å²) in [6, 6.07) is 17.4. The zero-order chi connectivity index (χ0) is 19.0. The molecule has 26 heavy (non-hydrogen) atoms. The number of nitrogens with one attached hydrogen (secondary N) is 2. The number of amides is 2. The van der Waals surface area contributed by atoms with E-state index in [9.17, 15) is 9.59 Å². The van der Waals surface area contributed by atoms with Crippen molar-refractivity contribution < 1.29 is 14.3 Å². The fourth-order valence-electron chi connectivity index (χ4n) is 2.23. The molecule has 0 bridgehead atoms. The summed E-state index contributed by atoms with van der Waals surface area (Å²) < 4.78 is 5.79. The molecule has 2 aromatic carbocycles. The van der Waals surface area contributed by atoms with Crippen molar-refractivity contribution in [1.82, 2.24) is 10.6 Å². The van der Waals surface area contributed by atoms with Crippen LogP contribution in [0.15, 0.2) is 54.6 Å². The number of carbonyl (C=O) groups is 2. The van der Waals surface area contributed by atoms with Crippen LogP contribution in [0.25, 0.3) is 0 Å². The molecule has 0 saturated heterocycles. The molecule has 0 aliphatic heterocycles. The summed E-state index contributed by atoms with van der Waals surface area (Å²) in [5.41, 5.74) is 1.48. The van der Waals surface area contributed by atoms with Gasteiger partial charge in [-0.1, -0.05) is 63.2 Å². The van der Waals surface area contributed by atoms with Crippen LogP contribution < -0.4 is 15.4 Å². The van der Waals surface area contributed by atoms with Gasteiger partial charge in [0.2, 0.25) is 11.8 Å². The predicted octanol–water partition coefficient (Wildman–Crippen LogP) is 3.04. The Balaban J connectivity index is 1.85. The van der Waals surface area contributed by atoms with Gasteiger partial charge in [-0.05, 0) is 23.3 Å². The molecule has 0 saturated carbocycles. The van der Waals surface area contributed by atoms with Crippen molar-refractivity contribution in [3.05, 3.63) is 65.7 Å². The Kier molecular flexibility index (Phi) is 6.78. The standard InChI is InChI=1S/C21H26N2O3/c1-21(2,3)20(25)23-14-19(24)22-13-16-9-7-8-10-17(16)15-26-18-11-5-4-6-12-18/h4-12H,13-15H2,1-3H3,(H,22,24)(H,23,25). The fraction of sp³-hybridized carbons (Fsp3) is 0.333. The molecule has 0 atom stereocenters. The third-order valence-electron chi connectivity index (χ3n) is 3.82. The Labute approximate surface area is 154 Å². The molecule has 2 amide bonds. The lowest BCUT2D eigenvalue weighted by molar-refractivity contribution is -0.131. The number of hydrogen-bond donors (Lipinski definition) is 2. The van der Waals surface area contributed by atoms with Crippen molar-refractivity contribution in [2.75, 3.05) is 6.54 Å². The average molecular weight is 354 g/mol. The van der Waals surface area contributed by atoms with Crippen molar-refractivity contribution in [3.8, 4) is 5.75 Å². The molecule has 0 fully saturated rings. The molecule has 2 aromatic rings. The third kappa shape index (κ3) is 6.24. The number of para-hydroxylation sites is 1. The van der Waals surface area contributed by atoms with Gasteiger partial charge in [0.25, 0.3) is 0 Å². The topological polar surface area (TPSA) is 67.4 Å². The van der Waals surface area contributed by atoms with Gasteiger partial charge < -0.3 is 15.4 Å². The highest BCUT2D eigenvalue weighted by atomic mass is 16.5. The Morgan fingerprint density at radius 1 is 0.885 bits per heavy atom. The molecule has 2 N–H and O–H groups in total. The van der Waals surface area contributed by atoms with Crippen LogP contribution in [0, 0.1) is 5.41 Å². The van der Waals surface area contributed by atoms with Gasteiger partial charge in [-0.2, -0.15) is 0 Å². The first-order chi connectivity index (χ1) is 12.4. The highest BCUT2D eigenvalue weighted by molar-refractivity contribution is 5.87. The minimum absolute atomic E-state index is 0.0290. The van der Waals surface area contributed by atoms with E-state index < -0.39 is 5.41 Å². The van der Waals surface area contributed by atoms with Gasteiger partial charge in [-0.15, -0.1) is 0 Å². The molecule has 0 aromatic heterocycles. The second-order valence-electron chi connectivity index (χ2n) is 7.08. The van der Waals surface area contributed by atoms with E-state index in [1.807, 2.05) is 75.4 Å². The van der Waals surface area contributed by atoms with Crippen LogP contribution in [-0.2, 0) is 22.7 Å². The van der Waals surface area contributed by atoms with E-state index in [4.69, 9.17) is 4.74 Å². The van der Waals surface area contributed by atoms with Crippen LogP contribution in [0.5, 0.6) is 5.75 Å². The number of benzene rings is 2. The van der Waals surface area contributed by atoms with Crippen molar-refractivity contribution in [2.24, 2.45) is 5.41 Å². The van der Waals surface area contributed by atoms with Gasteiger partial charge in [-0.25, -0.2) is 0 Å². The van der Waals surface area contributed by atoms with Crippen LogP contribution in [0.1, 0.15) is 31.9 Å². The lowest BCUT2D eigenvalue weighted by Crippen LogP contribution is -2.41. The lowest BCUT2D eigenvalue weighted by atomic mass is 9.96. The summed E-state index contributed by atoms with van der Waals surface area (Å²) >= 11 is 0. The van der Waals surface area contributed by atoms with E-state index in [1.165, 1.54) is 0 Å². The lowest BCUT2D eigenvalue weighted by Gasteiger charge is -2.17. The first kappa shape index (κ1) is 19.5. The second-order valence-corrected chi connectivity index (χ2v) is 7.08. The van der Waals surface area contributed by atoms with E-state index in [0.717, 1.165) is 16.9 Å². The van der Waals surface area contributed by atoms with E-state index in [0.29, 0.717) is 13.2 Å². The van der Waals surface area contributed by atoms with Crippen molar-refractivity contribution in [1.29, 1.82) is 0 Å². The van der Waals surface area contributed by atoms with Gasteiger partial charge in [0, 0.05) is 12.0 Å². The van der Waals surface area contributed by atoms with Gasteiger partial charge in [0.05, 0.1) is 6.54 Å². The molecular weight excluding hydrogens is 328 g/mol. The molecule has 5 nitrogen and oxygen atoms in total. The average Bonchev–Trinajstić information content (AvgIpc) is 2.63. The quantitative estimate of drug-likeness (QED) is 0.803. The zero-order valence-corrected chi connectivity index (χ0v) is 15.5. The maximum atomic E-state index is 12.0. The maximum absolute atomic E-state index is 12.0. The number of carbonyl (C=O) groups excluding carboxylic acids is 2. The van der Waals surface area contributed by atoms with Gasteiger partial charge >= 0.3 is 0 Å². The molecule has 5 heteroatoms. The Bertz CT molecular complexity index is 736.